The van der Waals surface area contributed by atoms with Crippen molar-refractivity contribution in [2.45, 2.75) is 232 Å². The highest BCUT2D eigenvalue weighted by molar-refractivity contribution is 5.69. The Morgan fingerprint density at radius 2 is 0.714 bits per heavy atom. The van der Waals surface area contributed by atoms with E-state index in [2.05, 4.69) is 13.8 Å². The van der Waals surface area contributed by atoms with Gasteiger partial charge < -0.3 is 9.84 Å². The average Bonchev–Trinajstić information content (AvgIpc) is 2.97. The van der Waals surface area contributed by atoms with Gasteiger partial charge in [0.1, 0.15) is 6.10 Å². The minimum atomic E-state index is -0.710. The van der Waals surface area contributed by atoms with Gasteiger partial charge in [0.2, 0.25) is 0 Å². The molecule has 1 N–H and O–H groups in total. The van der Waals surface area contributed by atoms with Gasteiger partial charge in [0.25, 0.3) is 0 Å². The lowest BCUT2D eigenvalue weighted by Gasteiger charge is -2.18. The molecule has 42 heavy (non-hydrogen) atoms. The molecule has 1 atom stereocenters. The fraction of sp³-hybridized carbons (Fsp3) is 0.947. The lowest BCUT2D eigenvalue weighted by Crippen LogP contribution is -2.18. The molecule has 0 bridgehead atoms. The molecule has 4 heteroatoms. The zero-order chi connectivity index (χ0) is 30.8. The molecule has 0 aliphatic heterocycles. The van der Waals surface area contributed by atoms with E-state index in [1.807, 2.05) is 0 Å². The summed E-state index contributed by atoms with van der Waals surface area (Å²) in [4.78, 5) is 23.1. The smallest absolute Gasteiger partial charge is 0.306 e. The molecule has 0 aromatic carbocycles. The third kappa shape index (κ3) is 33.4. The summed E-state index contributed by atoms with van der Waals surface area (Å²) in [5, 5.41) is 8.77. The summed E-state index contributed by atoms with van der Waals surface area (Å²) < 4.78 is 5.89. The second-order valence-electron chi connectivity index (χ2n) is 13.1. The van der Waals surface area contributed by atoms with Crippen molar-refractivity contribution in [1.82, 2.24) is 0 Å². The highest BCUT2D eigenvalue weighted by Crippen LogP contribution is 2.18. The van der Waals surface area contributed by atoms with Crippen LogP contribution in [0.15, 0.2) is 0 Å². The molecular formula is C38H74O4. The molecule has 0 spiro atoms. The Morgan fingerprint density at radius 3 is 1.07 bits per heavy atom. The molecule has 0 rings (SSSR count). The number of ether oxygens (including phenoxy) is 1. The van der Waals surface area contributed by atoms with E-state index in [0.717, 1.165) is 57.8 Å². The normalized spacial score (nSPS) is 12.0. The van der Waals surface area contributed by atoms with E-state index in [1.165, 1.54) is 141 Å². The molecule has 0 aromatic rings. The molecule has 0 fully saturated rings. The Morgan fingerprint density at radius 1 is 0.429 bits per heavy atom. The summed E-state index contributed by atoms with van der Waals surface area (Å²) >= 11 is 0. The number of carboxylic acid groups (broad SMARTS) is 1. The van der Waals surface area contributed by atoms with Crippen molar-refractivity contribution >= 4 is 11.9 Å². The van der Waals surface area contributed by atoms with Crippen LogP contribution >= 0.6 is 0 Å². The Balaban J connectivity index is 3.59. The first-order chi connectivity index (χ1) is 20.6. The van der Waals surface area contributed by atoms with Crippen molar-refractivity contribution in [3.05, 3.63) is 0 Å². The first-order valence-corrected chi connectivity index (χ1v) is 19.0. The van der Waals surface area contributed by atoms with Crippen LogP contribution in [0.25, 0.3) is 0 Å². The van der Waals surface area contributed by atoms with Crippen LogP contribution in [0.5, 0.6) is 0 Å². The number of aliphatic carboxylic acids is 1. The lowest BCUT2D eigenvalue weighted by atomic mass is 10.0. The van der Waals surface area contributed by atoms with E-state index in [9.17, 15) is 9.59 Å². The first kappa shape index (κ1) is 40.9. The molecule has 0 heterocycles. The summed E-state index contributed by atoms with van der Waals surface area (Å²) in [5.74, 6) is -0.725. The van der Waals surface area contributed by atoms with E-state index in [1.54, 1.807) is 0 Å². The summed E-state index contributed by atoms with van der Waals surface area (Å²) in [5.41, 5.74) is 0. The number of carboxylic acids is 1. The van der Waals surface area contributed by atoms with Crippen molar-refractivity contribution in [2.24, 2.45) is 0 Å². The number of carbonyl (C=O) groups excluding carboxylic acids is 1. The average molecular weight is 595 g/mol. The van der Waals surface area contributed by atoms with Gasteiger partial charge in [-0.15, -0.1) is 0 Å². The van der Waals surface area contributed by atoms with E-state index in [4.69, 9.17) is 9.84 Å². The van der Waals surface area contributed by atoms with Crippen molar-refractivity contribution in [2.75, 3.05) is 0 Å². The third-order valence-electron chi connectivity index (χ3n) is 8.83. The van der Waals surface area contributed by atoms with Crippen LogP contribution in [0.4, 0.5) is 0 Å². The highest BCUT2D eigenvalue weighted by atomic mass is 16.5. The fourth-order valence-electron chi connectivity index (χ4n) is 6.01. The van der Waals surface area contributed by atoms with Gasteiger partial charge in [0.05, 0.1) is 0 Å². The summed E-state index contributed by atoms with van der Waals surface area (Å²) in [6.07, 6.45) is 40.1. The molecular weight excluding hydrogens is 520 g/mol. The van der Waals surface area contributed by atoms with Crippen molar-refractivity contribution in [3.63, 3.8) is 0 Å². The molecule has 0 aromatic heterocycles. The second kappa shape index (κ2) is 34.4. The maximum Gasteiger partial charge on any atom is 0.306 e. The Hall–Kier alpha value is -1.06. The summed E-state index contributed by atoms with van der Waals surface area (Å²) in [6.45, 7) is 4.51. The van der Waals surface area contributed by atoms with Gasteiger partial charge in [-0.3, -0.25) is 9.59 Å². The third-order valence-corrected chi connectivity index (χ3v) is 8.83. The van der Waals surface area contributed by atoms with Gasteiger partial charge in [-0.05, 0) is 38.5 Å². The number of carbonyl (C=O) groups is 2. The van der Waals surface area contributed by atoms with Gasteiger partial charge in [-0.25, -0.2) is 0 Å². The van der Waals surface area contributed by atoms with Crippen molar-refractivity contribution in [1.29, 1.82) is 0 Å². The van der Waals surface area contributed by atoms with Crippen LogP contribution < -0.4 is 0 Å². The summed E-state index contributed by atoms with van der Waals surface area (Å²) in [7, 11) is 0. The lowest BCUT2D eigenvalue weighted by molar-refractivity contribution is -0.150. The topological polar surface area (TPSA) is 63.6 Å². The van der Waals surface area contributed by atoms with Crippen molar-refractivity contribution < 1.29 is 19.4 Å². The fourth-order valence-corrected chi connectivity index (χ4v) is 6.01. The van der Waals surface area contributed by atoms with Crippen LogP contribution in [-0.2, 0) is 14.3 Å². The standard InChI is InChI=1S/C38H74O4/c1-3-5-7-9-10-11-12-13-14-15-16-17-18-19-20-21-22-23-24-25-31-35-38(41)42-36(32-28-8-6-4-2)33-29-26-27-30-34-37(39)40/h36H,3-35H2,1-2H3,(H,39,40). The SMILES string of the molecule is CCCCCCCCCCCCCCCCCCCCCCCC(=O)OC(CCCCCC)CCCCCCC(=O)O. The number of hydrogen-bond acceptors (Lipinski definition) is 3. The van der Waals surface area contributed by atoms with E-state index < -0.39 is 5.97 Å². The Kier molecular flexibility index (Phi) is 33.6. The van der Waals surface area contributed by atoms with E-state index in [-0.39, 0.29) is 18.5 Å². The number of hydrogen-bond donors (Lipinski definition) is 1. The molecule has 250 valence electrons. The van der Waals surface area contributed by atoms with Crippen LogP contribution in [0.3, 0.4) is 0 Å². The Bertz CT molecular complexity index is 561. The molecule has 0 radical (unpaired) electrons. The zero-order valence-corrected chi connectivity index (χ0v) is 28.6. The second-order valence-corrected chi connectivity index (χ2v) is 13.1. The van der Waals surface area contributed by atoms with E-state index in [0.29, 0.717) is 6.42 Å². The number of rotatable bonds is 35. The van der Waals surface area contributed by atoms with Crippen LogP contribution in [0.2, 0.25) is 0 Å². The van der Waals surface area contributed by atoms with Gasteiger partial charge in [0.15, 0.2) is 0 Å². The Labute approximate surface area is 262 Å². The molecule has 1 unspecified atom stereocenters. The van der Waals surface area contributed by atoms with Crippen LogP contribution in [-0.4, -0.2) is 23.1 Å². The number of esters is 1. The largest absolute Gasteiger partial charge is 0.481 e. The molecule has 0 aliphatic carbocycles. The van der Waals surface area contributed by atoms with Crippen LogP contribution in [0, 0.1) is 0 Å². The van der Waals surface area contributed by atoms with Crippen LogP contribution in [0.1, 0.15) is 226 Å². The zero-order valence-electron chi connectivity index (χ0n) is 28.6. The minimum absolute atomic E-state index is 0.0147. The molecule has 0 saturated carbocycles. The van der Waals surface area contributed by atoms with Gasteiger partial charge in [-0.1, -0.05) is 174 Å². The maximum absolute atomic E-state index is 12.5. The van der Waals surface area contributed by atoms with E-state index >= 15 is 0 Å². The number of unbranched alkanes of at least 4 members (excludes halogenated alkanes) is 26. The molecule has 0 saturated heterocycles. The predicted molar refractivity (Wildman–Crippen MR) is 181 cm³/mol. The molecule has 4 nitrogen and oxygen atoms in total. The van der Waals surface area contributed by atoms with Gasteiger partial charge >= 0.3 is 11.9 Å². The monoisotopic (exact) mass is 595 g/mol. The maximum atomic E-state index is 12.5. The van der Waals surface area contributed by atoms with Crippen molar-refractivity contribution in [3.8, 4) is 0 Å². The minimum Gasteiger partial charge on any atom is -0.481 e. The highest BCUT2D eigenvalue weighted by Gasteiger charge is 2.14. The molecule has 0 aliphatic rings. The molecule has 0 amide bonds. The van der Waals surface area contributed by atoms with Gasteiger partial charge in [-0.2, -0.15) is 0 Å². The quantitative estimate of drug-likeness (QED) is 0.0585. The predicted octanol–water partition coefficient (Wildman–Crippen LogP) is 12.9. The summed E-state index contributed by atoms with van der Waals surface area (Å²) in [6, 6.07) is 0. The first-order valence-electron chi connectivity index (χ1n) is 19.0. The van der Waals surface area contributed by atoms with Gasteiger partial charge in [0, 0.05) is 12.8 Å².